The Balaban J connectivity index is 0.937. The molecule has 8 nitrogen and oxygen atoms in total. The second-order valence-corrected chi connectivity index (χ2v) is 17.5. The molecule has 2 spiro atoms. The largest absolute Gasteiger partial charge is 0.388 e. The Morgan fingerprint density at radius 1 is 0.939 bits per heavy atom. The minimum atomic E-state index is -3.56. The number of aliphatic imine (C=N–C) groups is 1. The van der Waals surface area contributed by atoms with Crippen LogP contribution in [0.25, 0.3) is 10.8 Å². The first kappa shape index (κ1) is 34.7. The molecule has 1 heterocycles. The quantitative estimate of drug-likeness (QED) is 0.147. The molecule has 0 radical (unpaired) electrons. The van der Waals surface area contributed by atoms with Crippen molar-refractivity contribution in [2.75, 3.05) is 39.9 Å². The van der Waals surface area contributed by atoms with Gasteiger partial charge < -0.3 is 20.7 Å². The Kier molecular flexibility index (Phi) is 10.3. The molecule has 4 fully saturated rings. The van der Waals surface area contributed by atoms with Crippen LogP contribution in [-0.4, -0.2) is 60.1 Å². The van der Waals surface area contributed by atoms with Crippen LogP contribution in [0.2, 0.25) is 0 Å². The van der Waals surface area contributed by atoms with E-state index < -0.39 is 10.0 Å². The molecule has 2 aromatic rings. The van der Waals surface area contributed by atoms with Gasteiger partial charge in [0.25, 0.3) is 0 Å². The smallest absolute Gasteiger partial charge is 0.241 e. The Hall–Kier alpha value is -2.72. The zero-order valence-corrected chi connectivity index (χ0v) is 30.6. The van der Waals surface area contributed by atoms with Crippen LogP contribution in [0.4, 0.5) is 0 Å². The van der Waals surface area contributed by atoms with Crippen LogP contribution in [0.5, 0.6) is 0 Å². The maximum absolute atomic E-state index is 13.2. The molecular formula is C40H57N5O3S. The fourth-order valence-electron chi connectivity index (χ4n) is 9.18. The number of rotatable bonds is 16. The second kappa shape index (κ2) is 14.5. The van der Waals surface area contributed by atoms with Gasteiger partial charge in [0.15, 0.2) is 0 Å². The molecule has 5 aliphatic rings. The van der Waals surface area contributed by atoms with Gasteiger partial charge in [-0.05, 0) is 132 Å². The standard InChI is InChI=1S/C40H57N5O3S/c1-28(2)44-37-25-39(19-20-39)38(42-21-7-23-48-3)34-24-32-16-18-40(32,34)36(45-37)17-22-41-26-29-12-14-30(15-13-29)27-43-49(46,47)35-11-6-9-31-8-4-5-10-33(31)35/h4-6,8-11,25,28-30,32,41-44H,7,12-24,26-27H2,1-3H3. The van der Waals surface area contributed by atoms with Gasteiger partial charge in [-0.3, -0.25) is 0 Å². The minimum Gasteiger partial charge on any atom is -0.388 e. The SMILES string of the molecule is COCCCNC1=C2CC3CCC23C(CCNCC2CCC(CNS(=O)(=O)c3cccc4ccccc34)CC2)=NC(NC(C)C)=CC12CC2. The van der Waals surface area contributed by atoms with Crippen LogP contribution in [0, 0.1) is 28.6 Å². The van der Waals surface area contributed by atoms with Crippen molar-refractivity contribution >= 4 is 26.5 Å². The lowest BCUT2D eigenvalue weighted by Gasteiger charge is -2.62. The summed E-state index contributed by atoms with van der Waals surface area (Å²) in [6, 6.07) is 13.5. The fourth-order valence-corrected chi connectivity index (χ4v) is 10.5. The van der Waals surface area contributed by atoms with Gasteiger partial charge in [0, 0.05) is 67.0 Å². The number of allylic oxidation sites excluding steroid dienone is 2. The molecule has 7 rings (SSSR count). The van der Waals surface area contributed by atoms with E-state index in [1.165, 1.54) is 43.5 Å². The predicted molar refractivity (Wildman–Crippen MR) is 199 cm³/mol. The number of benzene rings is 2. The topological polar surface area (TPSA) is 104 Å². The Bertz CT molecular complexity index is 1700. The molecule has 2 aromatic carbocycles. The molecule has 2 atom stereocenters. The van der Waals surface area contributed by atoms with Gasteiger partial charge in [0.05, 0.1) is 4.90 Å². The molecular weight excluding hydrogens is 631 g/mol. The third-order valence-corrected chi connectivity index (χ3v) is 13.6. The molecule has 0 bridgehead atoms. The van der Waals surface area contributed by atoms with Gasteiger partial charge in [0.1, 0.15) is 5.82 Å². The monoisotopic (exact) mass is 687 g/mol. The van der Waals surface area contributed by atoms with Gasteiger partial charge in [-0.2, -0.15) is 0 Å². The molecule has 49 heavy (non-hydrogen) atoms. The lowest BCUT2D eigenvalue weighted by molar-refractivity contribution is 0.0618. The molecule has 2 unspecified atom stereocenters. The summed E-state index contributed by atoms with van der Waals surface area (Å²) in [6.07, 6.45) is 15.0. The van der Waals surface area contributed by atoms with Crippen molar-refractivity contribution in [2.45, 2.75) is 95.4 Å². The van der Waals surface area contributed by atoms with E-state index in [1.54, 1.807) is 18.7 Å². The zero-order chi connectivity index (χ0) is 34.1. The highest BCUT2D eigenvalue weighted by Crippen LogP contribution is 2.70. The number of ether oxygens (including phenoxy) is 1. The molecule has 0 aromatic heterocycles. The van der Waals surface area contributed by atoms with Gasteiger partial charge in [-0.15, -0.1) is 0 Å². The van der Waals surface area contributed by atoms with E-state index in [-0.39, 0.29) is 10.8 Å². The fraction of sp³-hybridized carbons (Fsp3) is 0.625. The van der Waals surface area contributed by atoms with Crippen LogP contribution in [0.15, 0.2) is 75.5 Å². The summed E-state index contributed by atoms with van der Waals surface area (Å²) in [6.45, 7) is 8.65. The van der Waals surface area contributed by atoms with Gasteiger partial charge in [-0.1, -0.05) is 36.4 Å². The Morgan fingerprint density at radius 2 is 1.69 bits per heavy atom. The van der Waals surface area contributed by atoms with Gasteiger partial charge in [-0.25, -0.2) is 18.1 Å². The first-order valence-electron chi connectivity index (χ1n) is 19.0. The molecule has 0 saturated heterocycles. The molecule has 4 aliphatic carbocycles. The first-order valence-corrected chi connectivity index (χ1v) is 20.4. The number of hydrogen-bond acceptors (Lipinski definition) is 7. The van der Waals surface area contributed by atoms with Crippen LogP contribution in [-0.2, 0) is 14.8 Å². The van der Waals surface area contributed by atoms with Crippen molar-refractivity contribution in [3.63, 3.8) is 0 Å². The van der Waals surface area contributed by atoms with E-state index in [2.05, 4.69) is 40.6 Å². The van der Waals surface area contributed by atoms with Crippen molar-refractivity contribution in [2.24, 2.45) is 33.6 Å². The number of nitrogens with one attached hydrogen (secondary N) is 4. The summed E-state index contributed by atoms with van der Waals surface area (Å²) in [5.41, 5.74) is 4.82. The first-order chi connectivity index (χ1) is 23.7. The highest BCUT2D eigenvalue weighted by Gasteiger charge is 2.63. The van der Waals surface area contributed by atoms with Crippen LogP contribution in [0.1, 0.15) is 84.5 Å². The summed E-state index contributed by atoms with van der Waals surface area (Å²) in [5, 5.41) is 13.2. The molecule has 266 valence electrons. The second-order valence-electron chi connectivity index (χ2n) is 15.8. The normalized spacial score (nSPS) is 27.3. The van der Waals surface area contributed by atoms with Crippen molar-refractivity contribution in [3.05, 3.63) is 65.6 Å². The maximum atomic E-state index is 13.2. The van der Waals surface area contributed by atoms with Crippen molar-refractivity contribution in [1.29, 1.82) is 0 Å². The van der Waals surface area contributed by atoms with E-state index in [0.717, 1.165) is 87.3 Å². The third kappa shape index (κ3) is 7.10. The van der Waals surface area contributed by atoms with E-state index >= 15 is 0 Å². The number of methoxy groups -OCH3 is 1. The van der Waals surface area contributed by atoms with Crippen LogP contribution < -0.4 is 20.7 Å². The molecule has 4 N–H and O–H groups in total. The summed E-state index contributed by atoms with van der Waals surface area (Å²) in [7, 11) is -1.77. The molecule has 4 saturated carbocycles. The lowest BCUT2D eigenvalue weighted by atomic mass is 9.42. The highest BCUT2D eigenvalue weighted by molar-refractivity contribution is 7.89. The van der Waals surface area contributed by atoms with E-state index in [9.17, 15) is 8.42 Å². The van der Waals surface area contributed by atoms with Crippen molar-refractivity contribution in [1.82, 2.24) is 20.7 Å². The van der Waals surface area contributed by atoms with Crippen LogP contribution in [0.3, 0.4) is 0 Å². The number of nitrogens with zero attached hydrogens (tertiary/aromatic N) is 1. The van der Waals surface area contributed by atoms with Gasteiger partial charge in [0.2, 0.25) is 10.0 Å². The molecule has 0 amide bonds. The predicted octanol–water partition coefficient (Wildman–Crippen LogP) is 6.66. The average Bonchev–Trinajstić information content (AvgIpc) is 3.86. The summed E-state index contributed by atoms with van der Waals surface area (Å²) >= 11 is 0. The molecule has 9 heteroatoms. The Labute approximate surface area is 294 Å². The summed E-state index contributed by atoms with van der Waals surface area (Å²) < 4.78 is 34.8. The number of fused-ring (bicyclic) bond motifs is 1. The highest BCUT2D eigenvalue weighted by atomic mass is 32.2. The summed E-state index contributed by atoms with van der Waals surface area (Å²) in [5.74, 6) is 2.82. The zero-order valence-electron chi connectivity index (χ0n) is 29.8. The minimum absolute atomic E-state index is 0.120. The molecule has 1 aliphatic heterocycles. The van der Waals surface area contributed by atoms with E-state index in [4.69, 9.17) is 9.73 Å². The van der Waals surface area contributed by atoms with E-state index in [0.29, 0.717) is 29.3 Å². The number of hydrogen-bond donors (Lipinski definition) is 4. The third-order valence-electron chi connectivity index (χ3n) is 12.1. The summed E-state index contributed by atoms with van der Waals surface area (Å²) in [4.78, 5) is 5.85. The van der Waals surface area contributed by atoms with Crippen molar-refractivity contribution < 1.29 is 13.2 Å². The maximum Gasteiger partial charge on any atom is 0.241 e. The van der Waals surface area contributed by atoms with Crippen molar-refractivity contribution in [3.8, 4) is 0 Å². The number of sulfonamides is 1. The Morgan fingerprint density at radius 3 is 2.39 bits per heavy atom. The lowest BCUT2D eigenvalue weighted by Crippen LogP contribution is -2.58. The average molecular weight is 688 g/mol. The van der Waals surface area contributed by atoms with Crippen LogP contribution >= 0.6 is 0 Å². The van der Waals surface area contributed by atoms with Gasteiger partial charge >= 0.3 is 0 Å². The van der Waals surface area contributed by atoms with E-state index in [1.807, 2.05) is 36.4 Å².